The molecule has 0 radical (unpaired) electrons. The first-order valence-electron chi connectivity index (χ1n) is 9.97. The largest absolute Gasteiger partial charge is 0.497 e. The van der Waals surface area contributed by atoms with Gasteiger partial charge in [0.2, 0.25) is 0 Å². The molecular weight excluding hydrogens is 424 g/mol. The molecule has 0 amide bonds. The van der Waals surface area contributed by atoms with E-state index in [2.05, 4.69) is 19.9 Å². The summed E-state index contributed by atoms with van der Waals surface area (Å²) in [7, 11) is 3.29. The quantitative estimate of drug-likeness (QED) is 0.366. The van der Waals surface area contributed by atoms with E-state index in [0.29, 0.717) is 22.5 Å². The summed E-state index contributed by atoms with van der Waals surface area (Å²) in [6.07, 6.45) is 0. The number of rotatable bonds is 6. The number of hydrogen-bond donors (Lipinski definition) is 2. The van der Waals surface area contributed by atoms with Gasteiger partial charge in [0.15, 0.2) is 5.16 Å². The Bertz CT molecular complexity index is 1490. The van der Waals surface area contributed by atoms with Crippen molar-refractivity contribution in [2.75, 3.05) is 14.2 Å². The minimum absolute atomic E-state index is 0.157. The van der Waals surface area contributed by atoms with Gasteiger partial charge in [-0.25, -0.2) is 9.97 Å². The molecule has 0 saturated heterocycles. The van der Waals surface area contributed by atoms with E-state index in [1.54, 1.807) is 32.0 Å². The zero-order chi connectivity index (χ0) is 22.1. The molecular formula is C24H20N4O3S. The number of nitrogens with one attached hydrogen (secondary N) is 2. The molecule has 0 atom stereocenters. The fourth-order valence-electron chi connectivity index (χ4n) is 3.57. The second kappa shape index (κ2) is 8.39. The van der Waals surface area contributed by atoms with Crippen molar-refractivity contribution in [2.45, 2.75) is 10.9 Å². The van der Waals surface area contributed by atoms with Gasteiger partial charge in [-0.1, -0.05) is 23.9 Å². The van der Waals surface area contributed by atoms with Crippen LogP contribution in [0.5, 0.6) is 11.5 Å². The SMILES string of the molecule is COc1ccc2nc(SCc3cc(-c4nc5ccccc5c(=O)[nH]4)ccc3OC)[nH]c2c1. The van der Waals surface area contributed by atoms with Crippen molar-refractivity contribution in [2.24, 2.45) is 0 Å². The van der Waals surface area contributed by atoms with Gasteiger partial charge in [-0.3, -0.25) is 4.79 Å². The molecule has 3 aromatic carbocycles. The number of aromatic amines is 2. The van der Waals surface area contributed by atoms with Gasteiger partial charge >= 0.3 is 0 Å². The Balaban J connectivity index is 1.45. The van der Waals surface area contributed by atoms with Gasteiger partial charge in [0, 0.05) is 22.9 Å². The van der Waals surface area contributed by atoms with Gasteiger partial charge in [0.1, 0.15) is 17.3 Å². The lowest BCUT2D eigenvalue weighted by molar-refractivity contribution is 0.411. The molecule has 0 unspecified atom stereocenters. The van der Waals surface area contributed by atoms with E-state index < -0.39 is 0 Å². The molecule has 5 rings (SSSR count). The maximum atomic E-state index is 12.5. The lowest BCUT2D eigenvalue weighted by Gasteiger charge is -2.10. The van der Waals surface area contributed by atoms with Crippen molar-refractivity contribution in [1.82, 2.24) is 19.9 Å². The summed E-state index contributed by atoms with van der Waals surface area (Å²) in [6, 6.07) is 18.8. The van der Waals surface area contributed by atoms with E-state index in [1.165, 1.54) is 0 Å². The first-order valence-corrected chi connectivity index (χ1v) is 11.0. The normalized spacial score (nSPS) is 11.2. The Morgan fingerprint density at radius 3 is 2.62 bits per heavy atom. The summed E-state index contributed by atoms with van der Waals surface area (Å²) in [4.78, 5) is 28.0. The van der Waals surface area contributed by atoms with E-state index in [9.17, 15) is 4.79 Å². The maximum Gasteiger partial charge on any atom is 0.259 e. The highest BCUT2D eigenvalue weighted by Gasteiger charge is 2.12. The molecule has 0 spiro atoms. The van der Waals surface area contributed by atoms with Crippen molar-refractivity contribution in [3.63, 3.8) is 0 Å². The predicted octanol–water partition coefficient (Wildman–Crippen LogP) is 4.78. The van der Waals surface area contributed by atoms with Crippen LogP contribution in [0.15, 0.2) is 70.6 Å². The third kappa shape index (κ3) is 3.80. The van der Waals surface area contributed by atoms with Crippen molar-refractivity contribution in [1.29, 1.82) is 0 Å². The highest BCUT2D eigenvalue weighted by Crippen LogP contribution is 2.31. The van der Waals surface area contributed by atoms with Crippen LogP contribution in [0.25, 0.3) is 33.3 Å². The molecule has 5 aromatic rings. The molecule has 0 fully saturated rings. The van der Waals surface area contributed by atoms with E-state index in [1.807, 2.05) is 54.6 Å². The minimum Gasteiger partial charge on any atom is -0.497 e. The van der Waals surface area contributed by atoms with Crippen LogP contribution in [-0.2, 0) is 5.75 Å². The van der Waals surface area contributed by atoms with Crippen LogP contribution in [0.4, 0.5) is 0 Å². The third-order valence-electron chi connectivity index (χ3n) is 5.20. The molecule has 0 aliphatic heterocycles. The first kappa shape index (κ1) is 20.1. The zero-order valence-electron chi connectivity index (χ0n) is 17.5. The van der Waals surface area contributed by atoms with Crippen LogP contribution in [0.3, 0.4) is 0 Å². The summed E-state index contributed by atoms with van der Waals surface area (Å²) in [5.74, 6) is 2.70. The Kier molecular flexibility index (Phi) is 5.28. The molecule has 0 bridgehead atoms. The standard InChI is InChI=1S/C24H20N4O3S/c1-30-16-8-9-19-20(12-16)27-24(26-19)32-13-15-11-14(7-10-21(15)31-2)22-25-18-6-4-3-5-17(18)23(29)28-22/h3-12H,13H2,1-2H3,(H,26,27)(H,25,28,29). The number of methoxy groups -OCH3 is 2. The van der Waals surface area contributed by atoms with Gasteiger partial charge in [-0.2, -0.15) is 0 Å². The van der Waals surface area contributed by atoms with Crippen LogP contribution in [-0.4, -0.2) is 34.2 Å². The Morgan fingerprint density at radius 2 is 1.78 bits per heavy atom. The number of para-hydroxylation sites is 1. The van der Waals surface area contributed by atoms with Crippen LogP contribution in [0, 0.1) is 0 Å². The average Bonchev–Trinajstić information content (AvgIpc) is 3.24. The second-order valence-electron chi connectivity index (χ2n) is 7.17. The Hall–Kier alpha value is -3.78. The number of hydrogen-bond acceptors (Lipinski definition) is 6. The summed E-state index contributed by atoms with van der Waals surface area (Å²) in [5, 5.41) is 1.38. The summed E-state index contributed by atoms with van der Waals surface area (Å²) in [5.41, 5.74) is 4.10. The highest BCUT2D eigenvalue weighted by atomic mass is 32.2. The van der Waals surface area contributed by atoms with Crippen molar-refractivity contribution < 1.29 is 9.47 Å². The lowest BCUT2D eigenvalue weighted by atomic mass is 10.1. The smallest absolute Gasteiger partial charge is 0.259 e. The van der Waals surface area contributed by atoms with E-state index in [-0.39, 0.29) is 5.56 Å². The molecule has 2 N–H and O–H groups in total. The Labute approximate surface area is 187 Å². The fraction of sp³-hybridized carbons (Fsp3) is 0.125. The van der Waals surface area contributed by atoms with E-state index in [4.69, 9.17) is 9.47 Å². The van der Waals surface area contributed by atoms with Gasteiger partial charge < -0.3 is 19.4 Å². The molecule has 32 heavy (non-hydrogen) atoms. The monoisotopic (exact) mass is 444 g/mol. The second-order valence-corrected chi connectivity index (χ2v) is 8.14. The van der Waals surface area contributed by atoms with Gasteiger partial charge in [-0.05, 0) is 42.5 Å². The number of benzene rings is 3. The zero-order valence-corrected chi connectivity index (χ0v) is 18.3. The molecule has 7 nitrogen and oxygen atoms in total. The van der Waals surface area contributed by atoms with Crippen LogP contribution in [0.1, 0.15) is 5.56 Å². The Morgan fingerprint density at radius 1 is 0.906 bits per heavy atom. The highest BCUT2D eigenvalue weighted by molar-refractivity contribution is 7.98. The fourth-order valence-corrected chi connectivity index (χ4v) is 4.43. The van der Waals surface area contributed by atoms with Crippen molar-refractivity contribution in [3.8, 4) is 22.9 Å². The van der Waals surface area contributed by atoms with Crippen LogP contribution in [0.2, 0.25) is 0 Å². The summed E-state index contributed by atoms with van der Waals surface area (Å²) in [6.45, 7) is 0. The third-order valence-corrected chi connectivity index (χ3v) is 6.12. The number of aromatic nitrogens is 4. The molecule has 8 heteroatoms. The number of thioether (sulfide) groups is 1. The van der Waals surface area contributed by atoms with Gasteiger partial charge in [0.25, 0.3) is 5.56 Å². The molecule has 160 valence electrons. The lowest BCUT2D eigenvalue weighted by Crippen LogP contribution is -2.09. The van der Waals surface area contributed by atoms with E-state index in [0.717, 1.165) is 38.8 Å². The van der Waals surface area contributed by atoms with Crippen molar-refractivity contribution in [3.05, 3.63) is 76.6 Å². The molecule has 2 aromatic heterocycles. The average molecular weight is 445 g/mol. The number of ether oxygens (including phenoxy) is 2. The maximum absolute atomic E-state index is 12.5. The van der Waals surface area contributed by atoms with Gasteiger partial charge in [-0.15, -0.1) is 0 Å². The molecule has 0 saturated carbocycles. The molecule has 0 aliphatic carbocycles. The number of fused-ring (bicyclic) bond motifs is 2. The van der Waals surface area contributed by atoms with Crippen LogP contribution >= 0.6 is 11.8 Å². The van der Waals surface area contributed by atoms with Crippen LogP contribution < -0.4 is 15.0 Å². The number of H-pyrrole nitrogens is 2. The van der Waals surface area contributed by atoms with Gasteiger partial charge in [0.05, 0.1) is 36.2 Å². The first-order chi connectivity index (χ1) is 15.6. The topological polar surface area (TPSA) is 92.9 Å². The summed E-state index contributed by atoms with van der Waals surface area (Å²) < 4.78 is 10.8. The predicted molar refractivity (Wildman–Crippen MR) is 127 cm³/mol. The molecule has 0 aliphatic rings. The number of nitrogens with zero attached hydrogens (tertiary/aromatic N) is 2. The van der Waals surface area contributed by atoms with Crippen molar-refractivity contribution >= 4 is 33.7 Å². The minimum atomic E-state index is -0.157. The van der Waals surface area contributed by atoms with E-state index >= 15 is 0 Å². The summed E-state index contributed by atoms with van der Waals surface area (Å²) >= 11 is 1.57. The molecule has 2 heterocycles. The number of imidazole rings is 1.